The number of alkyl carbamates (subject to hydrolysis) is 1. The summed E-state index contributed by atoms with van der Waals surface area (Å²) >= 11 is 0. The van der Waals surface area contributed by atoms with Crippen molar-refractivity contribution < 1.29 is 33.7 Å². The minimum Gasteiger partial charge on any atom is -0.481 e. The highest BCUT2D eigenvalue weighted by Gasteiger charge is 2.33. The Kier molecular flexibility index (Phi) is 7.99. The van der Waals surface area contributed by atoms with Gasteiger partial charge in [0.25, 0.3) is 0 Å². The van der Waals surface area contributed by atoms with Crippen LogP contribution in [0.1, 0.15) is 30.4 Å². The lowest BCUT2D eigenvalue weighted by atomic mass is 9.98. The number of aliphatic carboxylic acids is 1. The molecule has 35 heavy (non-hydrogen) atoms. The molecule has 9 heteroatoms. The van der Waals surface area contributed by atoms with Crippen molar-refractivity contribution in [3.63, 3.8) is 0 Å². The zero-order valence-corrected chi connectivity index (χ0v) is 19.6. The van der Waals surface area contributed by atoms with Gasteiger partial charge in [-0.25, -0.2) is 4.79 Å². The molecule has 2 aromatic rings. The van der Waals surface area contributed by atoms with Gasteiger partial charge in [0.05, 0.1) is 25.7 Å². The number of hydrogen-bond donors (Lipinski definition) is 2. The Morgan fingerprint density at radius 2 is 1.74 bits per heavy atom. The van der Waals surface area contributed by atoms with Gasteiger partial charge >= 0.3 is 12.1 Å². The third-order valence-corrected chi connectivity index (χ3v) is 6.27. The zero-order chi connectivity index (χ0) is 24.8. The maximum Gasteiger partial charge on any atom is 0.407 e. The number of morpholine rings is 1. The van der Waals surface area contributed by atoms with E-state index in [1.165, 1.54) is 4.90 Å². The van der Waals surface area contributed by atoms with Gasteiger partial charge in [-0.1, -0.05) is 48.5 Å². The lowest BCUT2D eigenvalue weighted by Crippen LogP contribution is -2.55. The van der Waals surface area contributed by atoms with Crippen LogP contribution in [-0.2, 0) is 23.8 Å². The summed E-state index contributed by atoms with van der Waals surface area (Å²) in [6.45, 7) is 3.69. The van der Waals surface area contributed by atoms with E-state index in [0.717, 1.165) is 22.3 Å². The van der Waals surface area contributed by atoms with Crippen molar-refractivity contribution >= 4 is 18.0 Å². The Balaban J connectivity index is 1.39. The first-order valence-electron chi connectivity index (χ1n) is 11.8. The van der Waals surface area contributed by atoms with Crippen LogP contribution in [0.15, 0.2) is 48.5 Å². The van der Waals surface area contributed by atoms with Gasteiger partial charge < -0.3 is 29.5 Å². The van der Waals surface area contributed by atoms with Gasteiger partial charge in [-0.2, -0.15) is 0 Å². The predicted molar refractivity (Wildman–Crippen MR) is 127 cm³/mol. The number of carbonyl (C=O) groups excluding carboxylic acids is 2. The Hall–Kier alpha value is -3.43. The number of amides is 2. The van der Waals surface area contributed by atoms with Gasteiger partial charge in [-0.05, 0) is 29.2 Å². The van der Waals surface area contributed by atoms with Crippen LogP contribution in [0.25, 0.3) is 11.1 Å². The highest BCUT2D eigenvalue weighted by Crippen LogP contribution is 2.44. The van der Waals surface area contributed by atoms with E-state index < -0.39 is 30.4 Å². The summed E-state index contributed by atoms with van der Waals surface area (Å²) in [7, 11) is 0. The average Bonchev–Trinajstić information content (AvgIpc) is 3.19. The maximum absolute atomic E-state index is 13.1. The molecule has 2 unspecified atom stereocenters. The quantitative estimate of drug-likeness (QED) is 0.565. The van der Waals surface area contributed by atoms with E-state index in [4.69, 9.17) is 14.2 Å². The molecule has 0 aromatic heterocycles. The Bertz CT molecular complexity index is 1030. The second kappa shape index (κ2) is 11.3. The van der Waals surface area contributed by atoms with E-state index in [2.05, 4.69) is 5.32 Å². The van der Waals surface area contributed by atoms with Crippen LogP contribution in [-0.4, -0.2) is 79.6 Å². The molecule has 9 nitrogen and oxygen atoms in total. The topological polar surface area (TPSA) is 114 Å². The number of carboxylic acid groups (broad SMARTS) is 1. The number of nitrogens with zero attached hydrogens (tertiary/aromatic N) is 1. The van der Waals surface area contributed by atoms with Crippen LogP contribution < -0.4 is 5.32 Å². The molecule has 2 aromatic carbocycles. The molecule has 1 aliphatic heterocycles. The third kappa shape index (κ3) is 5.80. The predicted octanol–water partition coefficient (Wildman–Crippen LogP) is 2.63. The van der Waals surface area contributed by atoms with Gasteiger partial charge in [0, 0.05) is 25.6 Å². The highest BCUT2D eigenvalue weighted by molar-refractivity contribution is 5.89. The van der Waals surface area contributed by atoms with Crippen molar-refractivity contribution in [1.82, 2.24) is 10.2 Å². The number of carboxylic acids is 1. The van der Waals surface area contributed by atoms with Crippen molar-refractivity contribution in [3.05, 3.63) is 59.7 Å². The molecule has 1 saturated heterocycles. The number of nitrogens with one attached hydrogen (secondary N) is 1. The third-order valence-electron chi connectivity index (χ3n) is 6.27. The molecule has 1 heterocycles. The van der Waals surface area contributed by atoms with Crippen molar-refractivity contribution in [2.75, 3.05) is 39.5 Å². The Morgan fingerprint density at radius 1 is 1.09 bits per heavy atom. The largest absolute Gasteiger partial charge is 0.481 e. The van der Waals surface area contributed by atoms with E-state index in [0.29, 0.717) is 26.4 Å². The summed E-state index contributed by atoms with van der Waals surface area (Å²) in [5, 5.41) is 11.8. The molecule has 0 bridgehead atoms. The summed E-state index contributed by atoms with van der Waals surface area (Å²) in [6.07, 6.45) is -1.67. The van der Waals surface area contributed by atoms with E-state index in [9.17, 15) is 19.5 Å². The fourth-order valence-electron chi connectivity index (χ4n) is 4.65. The molecule has 1 fully saturated rings. The average molecular weight is 483 g/mol. The van der Waals surface area contributed by atoms with Crippen molar-refractivity contribution in [3.8, 4) is 11.1 Å². The molecule has 0 radical (unpaired) electrons. The van der Waals surface area contributed by atoms with Gasteiger partial charge in [0.15, 0.2) is 0 Å². The first-order chi connectivity index (χ1) is 17.0. The fourth-order valence-corrected chi connectivity index (χ4v) is 4.65. The van der Waals surface area contributed by atoms with Gasteiger partial charge in [0.1, 0.15) is 12.6 Å². The van der Waals surface area contributed by atoms with Crippen LogP contribution in [0.5, 0.6) is 0 Å². The highest BCUT2D eigenvalue weighted by atomic mass is 16.5. The van der Waals surface area contributed by atoms with E-state index in [-0.39, 0.29) is 25.2 Å². The number of hydrogen-bond acceptors (Lipinski definition) is 6. The summed E-state index contributed by atoms with van der Waals surface area (Å²) in [5.74, 6) is -1.81. The summed E-state index contributed by atoms with van der Waals surface area (Å²) in [6, 6.07) is 14.7. The van der Waals surface area contributed by atoms with Crippen molar-refractivity contribution in [2.24, 2.45) is 0 Å². The van der Waals surface area contributed by atoms with Crippen molar-refractivity contribution in [2.45, 2.75) is 31.4 Å². The Morgan fingerprint density at radius 3 is 2.37 bits per heavy atom. The smallest absolute Gasteiger partial charge is 0.407 e. The molecular weight excluding hydrogens is 452 g/mol. The molecule has 186 valence electrons. The molecule has 0 spiro atoms. The molecule has 2 atom stereocenters. The molecular formula is C26H30N2O7. The monoisotopic (exact) mass is 482 g/mol. The molecule has 2 N–H and O–H groups in total. The summed E-state index contributed by atoms with van der Waals surface area (Å²) < 4.78 is 16.5. The molecule has 2 aliphatic rings. The molecule has 4 rings (SSSR count). The molecule has 0 saturated carbocycles. The summed E-state index contributed by atoms with van der Waals surface area (Å²) in [4.78, 5) is 38.7. The second-order valence-electron chi connectivity index (χ2n) is 8.56. The lowest BCUT2D eigenvalue weighted by molar-refractivity contribution is -0.147. The van der Waals surface area contributed by atoms with Gasteiger partial charge in [-0.3, -0.25) is 9.59 Å². The van der Waals surface area contributed by atoms with Crippen molar-refractivity contribution in [1.29, 1.82) is 0 Å². The summed E-state index contributed by atoms with van der Waals surface area (Å²) in [5.41, 5.74) is 4.33. The number of ether oxygens (including phenoxy) is 3. The first-order valence-corrected chi connectivity index (χ1v) is 11.8. The van der Waals surface area contributed by atoms with E-state index in [1.807, 2.05) is 55.5 Å². The number of fused-ring (bicyclic) bond motifs is 3. The fraction of sp³-hybridized carbons (Fsp3) is 0.423. The normalized spacial score (nSPS) is 17.9. The van der Waals surface area contributed by atoms with Gasteiger partial charge in [0.2, 0.25) is 5.91 Å². The first kappa shape index (κ1) is 24.7. The standard InChI is InChI=1S/C26H30N2O7/c1-2-33-15-17-14-28(11-12-34-17)25(31)23(13-24(29)30)27-26(32)35-16-22-20-9-5-3-7-18(20)19-8-4-6-10-21(19)22/h3-10,17,22-23H,2,11-16H2,1H3,(H,27,32)(H,29,30). The Labute approximate surface area is 204 Å². The van der Waals surface area contributed by atoms with Crippen LogP contribution in [0.4, 0.5) is 4.79 Å². The maximum atomic E-state index is 13.1. The van der Waals surface area contributed by atoms with Crippen LogP contribution >= 0.6 is 0 Å². The van der Waals surface area contributed by atoms with E-state index >= 15 is 0 Å². The lowest BCUT2D eigenvalue weighted by Gasteiger charge is -2.34. The van der Waals surface area contributed by atoms with Gasteiger partial charge in [-0.15, -0.1) is 0 Å². The van der Waals surface area contributed by atoms with Crippen LogP contribution in [0.3, 0.4) is 0 Å². The zero-order valence-electron chi connectivity index (χ0n) is 19.6. The van der Waals surface area contributed by atoms with Crippen LogP contribution in [0, 0.1) is 0 Å². The van der Waals surface area contributed by atoms with Crippen LogP contribution in [0.2, 0.25) is 0 Å². The number of carbonyl (C=O) groups is 3. The number of benzene rings is 2. The minimum absolute atomic E-state index is 0.0713. The molecule has 2 amide bonds. The molecule has 1 aliphatic carbocycles. The SMILES string of the molecule is CCOCC1CN(C(=O)C(CC(=O)O)NC(=O)OCC2c3ccccc3-c3ccccc32)CCO1. The number of rotatable bonds is 9. The minimum atomic E-state index is -1.24. The van der Waals surface area contributed by atoms with E-state index in [1.54, 1.807) is 0 Å². The second-order valence-corrected chi connectivity index (χ2v) is 8.56.